The minimum Gasteiger partial charge on any atom is -0.335 e. The minimum atomic E-state index is -0.245. The van der Waals surface area contributed by atoms with Crippen molar-refractivity contribution < 1.29 is 9.18 Å². The first-order valence-electron chi connectivity index (χ1n) is 7.31. The van der Waals surface area contributed by atoms with Gasteiger partial charge in [0.05, 0.1) is 12.1 Å². The smallest absolute Gasteiger partial charge is 0.240 e. The van der Waals surface area contributed by atoms with Crippen LogP contribution in [0.4, 0.5) is 4.39 Å². The van der Waals surface area contributed by atoms with Crippen molar-refractivity contribution in [1.29, 1.82) is 0 Å². The fourth-order valence-corrected chi connectivity index (χ4v) is 2.76. The third-order valence-electron chi connectivity index (χ3n) is 3.83. The number of rotatable bonds is 4. The van der Waals surface area contributed by atoms with Gasteiger partial charge in [-0.3, -0.25) is 4.79 Å². The van der Waals surface area contributed by atoms with Crippen molar-refractivity contribution in [3.8, 4) is 0 Å². The van der Waals surface area contributed by atoms with Crippen molar-refractivity contribution in [2.45, 2.75) is 51.7 Å². The van der Waals surface area contributed by atoms with Crippen molar-refractivity contribution in [3.63, 3.8) is 0 Å². The van der Waals surface area contributed by atoms with Crippen molar-refractivity contribution in [2.75, 3.05) is 6.54 Å². The largest absolute Gasteiger partial charge is 0.335 e. The number of halogens is 1. The SMILES string of the molecule is CC(C)NC1CCCN(C(C)c2ccc(F)cc2)C1=O. The standard InChI is InChI=1S/C16H23FN2O/c1-11(2)18-15-5-4-10-19(16(15)20)12(3)13-6-8-14(17)9-7-13/h6-9,11-12,15,18H,4-5,10H2,1-3H3. The van der Waals surface area contributed by atoms with E-state index in [9.17, 15) is 9.18 Å². The van der Waals surface area contributed by atoms with E-state index >= 15 is 0 Å². The first-order valence-corrected chi connectivity index (χ1v) is 7.31. The highest BCUT2D eigenvalue weighted by atomic mass is 19.1. The average molecular weight is 278 g/mol. The van der Waals surface area contributed by atoms with Crippen LogP contribution in [0.5, 0.6) is 0 Å². The molecule has 1 amide bonds. The molecule has 0 saturated carbocycles. The summed E-state index contributed by atoms with van der Waals surface area (Å²) in [5, 5.41) is 3.33. The Balaban J connectivity index is 2.10. The first kappa shape index (κ1) is 15.0. The second kappa shape index (κ2) is 6.35. The van der Waals surface area contributed by atoms with E-state index in [1.165, 1.54) is 12.1 Å². The summed E-state index contributed by atoms with van der Waals surface area (Å²) >= 11 is 0. The molecule has 20 heavy (non-hydrogen) atoms. The second-order valence-electron chi connectivity index (χ2n) is 5.78. The highest BCUT2D eigenvalue weighted by Gasteiger charge is 2.32. The lowest BCUT2D eigenvalue weighted by molar-refractivity contribution is -0.138. The molecule has 1 aliphatic heterocycles. The van der Waals surface area contributed by atoms with E-state index in [4.69, 9.17) is 0 Å². The Kier molecular flexibility index (Phi) is 4.76. The van der Waals surface area contributed by atoms with Gasteiger partial charge in [-0.25, -0.2) is 4.39 Å². The number of hydrogen-bond donors (Lipinski definition) is 1. The number of nitrogens with one attached hydrogen (secondary N) is 1. The first-order chi connectivity index (χ1) is 9.49. The highest BCUT2D eigenvalue weighted by molar-refractivity contribution is 5.83. The topological polar surface area (TPSA) is 32.3 Å². The van der Waals surface area contributed by atoms with E-state index in [1.807, 2.05) is 11.8 Å². The molecule has 1 heterocycles. The van der Waals surface area contributed by atoms with Crippen LogP contribution in [0.15, 0.2) is 24.3 Å². The summed E-state index contributed by atoms with van der Waals surface area (Å²) in [6.07, 6.45) is 1.89. The third-order valence-corrected chi connectivity index (χ3v) is 3.83. The fourth-order valence-electron chi connectivity index (χ4n) is 2.76. The van der Waals surface area contributed by atoms with Crippen LogP contribution in [0.1, 0.15) is 45.2 Å². The number of amides is 1. The maximum Gasteiger partial charge on any atom is 0.240 e. The minimum absolute atomic E-state index is 0.0140. The quantitative estimate of drug-likeness (QED) is 0.918. The number of carbonyl (C=O) groups excluding carboxylic acids is 1. The van der Waals surface area contributed by atoms with Gasteiger partial charge in [-0.2, -0.15) is 0 Å². The third kappa shape index (κ3) is 3.37. The zero-order valence-electron chi connectivity index (χ0n) is 12.4. The van der Waals surface area contributed by atoms with Gasteiger partial charge in [0.25, 0.3) is 0 Å². The van der Waals surface area contributed by atoms with Crippen molar-refractivity contribution in [3.05, 3.63) is 35.6 Å². The van der Waals surface area contributed by atoms with Crippen LogP contribution in [0.3, 0.4) is 0 Å². The number of hydrogen-bond acceptors (Lipinski definition) is 2. The molecule has 1 N–H and O–H groups in total. The summed E-state index contributed by atoms with van der Waals surface area (Å²) in [5.74, 6) is -0.0907. The normalized spacial score (nSPS) is 21.4. The Labute approximate surface area is 120 Å². The molecule has 110 valence electrons. The monoisotopic (exact) mass is 278 g/mol. The molecule has 0 aliphatic carbocycles. The number of nitrogens with zero attached hydrogens (tertiary/aromatic N) is 1. The molecule has 2 unspecified atom stereocenters. The van der Waals surface area contributed by atoms with Crippen LogP contribution >= 0.6 is 0 Å². The van der Waals surface area contributed by atoms with Crippen LogP contribution in [0.2, 0.25) is 0 Å². The van der Waals surface area contributed by atoms with Gasteiger partial charge in [-0.1, -0.05) is 26.0 Å². The summed E-state index contributed by atoms with van der Waals surface area (Å²) in [5.41, 5.74) is 0.977. The van der Waals surface area contributed by atoms with Crippen molar-refractivity contribution in [1.82, 2.24) is 10.2 Å². The molecular formula is C16H23FN2O. The molecule has 1 fully saturated rings. The highest BCUT2D eigenvalue weighted by Crippen LogP contribution is 2.25. The lowest BCUT2D eigenvalue weighted by Gasteiger charge is -2.37. The van der Waals surface area contributed by atoms with Crippen LogP contribution in [-0.4, -0.2) is 29.4 Å². The van der Waals surface area contributed by atoms with Gasteiger partial charge in [0.1, 0.15) is 5.82 Å². The maximum atomic E-state index is 13.0. The lowest BCUT2D eigenvalue weighted by atomic mass is 9.99. The predicted octanol–water partition coefficient (Wildman–Crippen LogP) is 2.88. The molecular weight excluding hydrogens is 255 g/mol. The Hall–Kier alpha value is -1.42. The van der Waals surface area contributed by atoms with Gasteiger partial charge in [0, 0.05) is 12.6 Å². The van der Waals surface area contributed by atoms with E-state index in [0.29, 0.717) is 6.04 Å². The predicted molar refractivity (Wildman–Crippen MR) is 77.8 cm³/mol. The van der Waals surface area contributed by atoms with Crippen molar-refractivity contribution >= 4 is 5.91 Å². The van der Waals surface area contributed by atoms with Gasteiger partial charge < -0.3 is 10.2 Å². The van der Waals surface area contributed by atoms with Gasteiger partial charge >= 0.3 is 0 Å². The Morgan fingerprint density at radius 1 is 1.25 bits per heavy atom. The Morgan fingerprint density at radius 2 is 1.90 bits per heavy atom. The zero-order valence-corrected chi connectivity index (χ0v) is 12.4. The molecule has 1 aromatic rings. The molecule has 1 saturated heterocycles. The van der Waals surface area contributed by atoms with Crippen LogP contribution in [-0.2, 0) is 4.79 Å². The average Bonchev–Trinajstić information content (AvgIpc) is 2.41. The molecule has 3 nitrogen and oxygen atoms in total. The molecule has 0 spiro atoms. The summed E-state index contributed by atoms with van der Waals surface area (Å²) in [6.45, 7) is 6.88. The molecule has 2 atom stereocenters. The number of benzene rings is 1. The van der Waals surface area contributed by atoms with E-state index < -0.39 is 0 Å². The molecule has 1 aliphatic rings. The molecule has 0 aromatic heterocycles. The van der Waals surface area contributed by atoms with E-state index in [0.717, 1.165) is 24.9 Å². The number of likely N-dealkylation sites (tertiary alicyclic amines) is 1. The summed E-state index contributed by atoms with van der Waals surface area (Å²) in [6, 6.07) is 6.60. The van der Waals surface area contributed by atoms with Gasteiger partial charge in [0.2, 0.25) is 5.91 Å². The summed E-state index contributed by atoms with van der Waals surface area (Å²) < 4.78 is 13.0. The Morgan fingerprint density at radius 3 is 2.50 bits per heavy atom. The lowest BCUT2D eigenvalue weighted by Crippen LogP contribution is -2.52. The second-order valence-corrected chi connectivity index (χ2v) is 5.78. The maximum absolute atomic E-state index is 13.0. The van der Waals surface area contributed by atoms with Gasteiger partial charge in [-0.15, -0.1) is 0 Å². The number of piperidine rings is 1. The molecule has 0 bridgehead atoms. The van der Waals surface area contributed by atoms with Gasteiger partial charge in [0.15, 0.2) is 0 Å². The van der Waals surface area contributed by atoms with Crippen LogP contribution in [0.25, 0.3) is 0 Å². The van der Waals surface area contributed by atoms with Crippen LogP contribution < -0.4 is 5.32 Å². The molecule has 1 aromatic carbocycles. The van der Waals surface area contributed by atoms with Gasteiger partial charge in [-0.05, 0) is 37.5 Å². The fraction of sp³-hybridized carbons (Fsp3) is 0.562. The van der Waals surface area contributed by atoms with Crippen LogP contribution in [0, 0.1) is 5.82 Å². The van der Waals surface area contributed by atoms with E-state index in [2.05, 4.69) is 19.2 Å². The Bertz CT molecular complexity index is 458. The zero-order chi connectivity index (χ0) is 14.7. The van der Waals surface area contributed by atoms with E-state index in [-0.39, 0.29) is 23.8 Å². The number of carbonyl (C=O) groups is 1. The molecule has 4 heteroatoms. The molecule has 2 rings (SSSR count). The summed E-state index contributed by atoms with van der Waals surface area (Å²) in [7, 11) is 0. The van der Waals surface area contributed by atoms with Crippen molar-refractivity contribution in [2.24, 2.45) is 0 Å². The summed E-state index contributed by atoms with van der Waals surface area (Å²) in [4.78, 5) is 14.4. The van der Waals surface area contributed by atoms with E-state index in [1.54, 1.807) is 12.1 Å². The molecule has 0 radical (unpaired) electrons.